The molecule has 3 heterocycles. The van der Waals surface area contributed by atoms with Gasteiger partial charge in [-0.15, -0.1) is 22.7 Å². The molecule has 0 bridgehead atoms. The molecule has 5 rings (SSSR count). The van der Waals surface area contributed by atoms with Crippen LogP contribution in [0.4, 0.5) is 0 Å². The minimum Gasteiger partial charge on any atom is -0.454 e. The number of benzene rings is 2. The molecule has 4 nitrogen and oxygen atoms in total. The summed E-state index contributed by atoms with van der Waals surface area (Å²) in [6.45, 7) is 4.53. The van der Waals surface area contributed by atoms with Gasteiger partial charge in [-0.3, -0.25) is 0 Å². The average molecular weight is 393 g/mol. The van der Waals surface area contributed by atoms with Gasteiger partial charge >= 0.3 is 0 Å². The molecule has 1 aliphatic rings. The average Bonchev–Trinajstić information content (AvgIpc) is 3.42. The third kappa shape index (κ3) is 3.01. The predicted octanol–water partition coefficient (Wildman–Crippen LogP) is 5.95. The summed E-state index contributed by atoms with van der Waals surface area (Å²) in [5, 5.41) is 6.04. The molecular weight excluding hydrogens is 376 g/mol. The topological polar surface area (TPSA) is 44.2 Å². The molecule has 0 radical (unpaired) electrons. The Labute approximate surface area is 165 Å². The minimum atomic E-state index is 0.279. The summed E-state index contributed by atoms with van der Waals surface area (Å²) in [6, 6.07) is 12.4. The minimum absolute atomic E-state index is 0.279. The fourth-order valence-corrected chi connectivity index (χ4v) is 4.67. The van der Waals surface area contributed by atoms with Crippen molar-refractivity contribution in [1.82, 2.24) is 9.97 Å². The van der Waals surface area contributed by atoms with Gasteiger partial charge in [0.25, 0.3) is 0 Å². The Bertz CT molecular complexity index is 1150. The van der Waals surface area contributed by atoms with Crippen LogP contribution in [-0.2, 0) is 0 Å². The number of thiazole rings is 2. The van der Waals surface area contributed by atoms with Crippen molar-refractivity contribution in [3.63, 3.8) is 0 Å². The Morgan fingerprint density at radius 2 is 1.37 bits per heavy atom. The van der Waals surface area contributed by atoms with Crippen molar-refractivity contribution < 1.29 is 9.47 Å². The van der Waals surface area contributed by atoms with Gasteiger partial charge in [0.15, 0.2) is 21.5 Å². The number of hydrogen-bond acceptors (Lipinski definition) is 6. The third-order valence-electron chi connectivity index (χ3n) is 4.66. The molecule has 6 heteroatoms. The summed E-state index contributed by atoms with van der Waals surface area (Å²) in [5.74, 6) is 1.56. The highest BCUT2D eigenvalue weighted by Gasteiger charge is 2.16. The second-order valence-electron chi connectivity index (χ2n) is 6.44. The molecule has 0 unspecified atom stereocenters. The van der Waals surface area contributed by atoms with Crippen molar-refractivity contribution in [3.8, 4) is 44.0 Å². The highest BCUT2D eigenvalue weighted by Crippen LogP contribution is 2.38. The van der Waals surface area contributed by atoms with Crippen LogP contribution in [0.15, 0.2) is 47.2 Å². The summed E-state index contributed by atoms with van der Waals surface area (Å²) in [6.07, 6.45) is 0. The van der Waals surface area contributed by atoms with Crippen LogP contribution in [0.2, 0.25) is 0 Å². The lowest BCUT2D eigenvalue weighted by Crippen LogP contribution is -1.92. The van der Waals surface area contributed by atoms with E-state index in [1.54, 1.807) is 22.7 Å². The molecule has 2 aromatic carbocycles. The maximum Gasteiger partial charge on any atom is 0.231 e. The van der Waals surface area contributed by atoms with Crippen molar-refractivity contribution in [2.24, 2.45) is 0 Å². The number of hydrogen-bond donors (Lipinski definition) is 0. The lowest BCUT2D eigenvalue weighted by Gasteiger charge is -2.02. The number of aromatic nitrogens is 2. The third-order valence-corrected chi connectivity index (χ3v) is 6.49. The molecule has 1 aliphatic heterocycles. The smallest absolute Gasteiger partial charge is 0.231 e. The number of nitrogens with zero attached hydrogens (tertiary/aromatic N) is 2. The van der Waals surface area contributed by atoms with Crippen LogP contribution in [0, 0.1) is 13.8 Å². The monoisotopic (exact) mass is 392 g/mol. The van der Waals surface area contributed by atoms with E-state index < -0.39 is 0 Å². The highest BCUT2D eigenvalue weighted by molar-refractivity contribution is 7.20. The Kier molecular flexibility index (Phi) is 3.95. The molecule has 134 valence electrons. The Balaban J connectivity index is 1.45. The van der Waals surface area contributed by atoms with Crippen molar-refractivity contribution in [2.45, 2.75) is 13.8 Å². The van der Waals surface area contributed by atoms with Crippen LogP contribution >= 0.6 is 22.7 Å². The second-order valence-corrected chi connectivity index (χ2v) is 8.16. The van der Waals surface area contributed by atoms with E-state index in [-0.39, 0.29) is 6.79 Å². The number of rotatable bonds is 3. The highest BCUT2D eigenvalue weighted by atomic mass is 32.1. The van der Waals surface area contributed by atoms with E-state index in [1.165, 1.54) is 11.1 Å². The summed E-state index contributed by atoms with van der Waals surface area (Å²) in [7, 11) is 0. The summed E-state index contributed by atoms with van der Waals surface area (Å²) < 4.78 is 10.8. The van der Waals surface area contributed by atoms with Crippen molar-refractivity contribution in [1.29, 1.82) is 0 Å². The molecule has 0 aliphatic carbocycles. The molecule has 4 aromatic rings. The first kappa shape index (κ1) is 16.5. The number of ether oxygens (including phenoxy) is 2. The molecule has 0 atom stereocenters. The van der Waals surface area contributed by atoms with Gasteiger partial charge in [0.2, 0.25) is 6.79 Å². The van der Waals surface area contributed by atoms with Gasteiger partial charge in [-0.05, 0) is 49.2 Å². The van der Waals surface area contributed by atoms with Gasteiger partial charge in [0, 0.05) is 21.9 Å². The molecule has 0 saturated heterocycles. The SMILES string of the molecule is Cc1ccc(-c2csc(-c3nc(-c4ccc5c(c4)OCO5)cs3)n2)cc1C. The number of fused-ring (bicyclic) bond motifs is 1. The molecule has 0 spiro atoms. The first-order valence-electron chi connectivity index (χ1n) is 8.56. The second kappa shape index (κ2) is 6.48. The summed E-state index contributed by atoms with van der Waals surface area (Å²) >= 11 is 3.24. The maximum absolute atomic E-state index is 5.47. The fraction of sp³-hybridized carbons (Fsp3) is 0.143. The van der Waals surface area contributed by atoms with Crippen LogP contribution in [0.3, 0.4) is 0 Å². The van der Waals surface area contributed by atoms with Crippen molar-refractivity contribution in [2.75, 3.05) is 6.79 Å². The quantitative estimate of drug-likeness (QED) is 0.432. The Hall–Kier alpha value is -2.70. The van der Waals surface area contributed by atoms with E-state index in [4.69, 9.17) is 19.4 Å². The van der Waals surface area contributed by atoms with Crippen molar-refractivity contribution in [3.05, 3.63) is 58.3 Å². The van der Waals surface area contributed by atoms with Crippen LogP contribution < -0.4 is 9.47 Å². The fourth-order valence-electron chi connectivity index (χ4n) is 2.97. The first-order chi connectivity index (χ1) is 13.2. The van der Waals surface area contributed by atoms with Crippen LogP contribution in [-0.4, -0.2) is 16.8 Å². The van der Waals surface area contributed by atoms with Gasteiger partial charge < -0.3 is 9.47 Å². The molecule has 0 saturated carbocycles. The first-order valence-corrected chi connectivity index (χ1v) is 10.3. The summed E-state index contributed by atoms with van der Waals surface area (Å²) in [4.78, 5) is 9.59. The lowest BCUT2D eigenvalue weighted by atomic mass is 10.1. The number of aryl methyl sites for hydroxylation is 2. The largest absolute Gasteiger partial charge is 0.454 e. The maximum atomic E-state index is 5.47. The van der Waals surface area contributed by atoms with Crippen LogP contribution in [0.25, 0.3) is 32.5 Å². The Morgan fingerprint density at radius 3 is 2.07 bits per heavy atom. The zero-order chi connectivity index (χ0) is 18.4. The van der Waals surface area contributed by atoms with E-state index in [1.807, 2.05) is 18.2 Å². The van der Waals surface area contributed by atoms with Crippen LogP contribution in [0.1, 0.15) is 11.1 Å². The van der Waals surface area contributed by atoms with Crippen LogP contribution in [0.5, 0.6) is 11.5 Å². The molecule has 2 aromatic heterocycles. The molecule has 0 amide bonds. The zero-order valence-electron chi connectivity index (χ0n) is 14.9. The van der Waals surface area contributed by atoms with Crippen molar-refractivity contribution >= 4 is 22.7 Å². The van der Waals surface area contributed by atoms with Gasteiger partial charge in [-0.25, -0.2) is 9.97 Å². The van der Waals surface area contributed by atoms with E-state index in [0.717, 1.165) is 44.0 Å². The molecular formula is C21H16N2O2S2. The van der Waals surface area contributed by atoms with E-state index in [2.05, 4.69) is 42.8 Å². The van der Waals surface area contributed by atoms with E-state index in [0.29, 0.717) is 0 Å². The zero-order valence-corrected chi connectivity index (χ0v) is 16.5. The molecule has 0 fully saturated rings. The standard InChI is InChI=1S/C21H16N2O2S2/c1-12-3-4-14(7-13(12)2)16-9-26-20(22-16)21-23-17(10-27-21)15-5-6-18-19(8-15)25-11-24-18/h3-10H,11H2,1-2H3. The molecule has 27 heavy (non-hydrogen) atoms. The van der Waals surface area contributed by atoms with Gasteiger partial charge in [0.05, 0.1) is 11.4 Å². The van der Waals surface area contributed by atoms with Gasteiger partial charge in [-0.1, -0.05) is 12.1 Å². The normalized spacial score (nSPS) is 12.5. The van der Waals surface area contributed by atoms with Gasteiger partial charge in [0.1, 0.15) is 0 Å². The predicted molar refractivity (Wildman–Crippen MR) is 110 cm³/mol. The molecule has 0 N–H and O–H groups in total. The Morgan fingerprint density at radius 1 is 0.741 bits per heavy atom. The van der Waals surface area contributed by atoms with E-state index in [9.17, 15) is 0 Å². The van der Waals surface area contributed by atoms with E-state index >= 15 is 0 Å². The van der Waals surface area contributed by atoms with Gasteiger partial charge in [-0.2, -0.15) is 0 Å². The lowest BCUT2D eigenvalue weighted by molar-refractivity contribution is 0.174. The summed E-state index contributed by atoms with van der Waals surface area (Å²) in [5.41, 5.74) is 6.67.